The van der Waals surface area contributed by atoms with Crippen molar-refractivity contribution in [3.05, 3.63) is 0 Å². The van der Waals surface area contributed by atoms with Crippen molar-refractivity contribution in [2.45, 2.75) is 58.9 Å². The molecule has 0 aromatic rings. The molecule has 2 fully saturated rings. The second-order valence-corrected chi connectivity index (χ2v) is 6.56. The third kappa shape index (κ3) is 3.71. The van der Waals surface area contributed by atoms with Gasteiger partial charge in [0.25, 0.3) is 0 Å². The van der Waals surface area contributed by atoms with Crippen LogP contribution in [-0.2, 0) is 0 Å². The molecule has 0 spiro atoms. The van der Waals surface area contributed by atoms with E-state index in [1.54, 1.807) is 6.42 Å². The van der Waals surface area contributed by atoms with Crippen LogP contribution in [0.3, 0.4) is 0 Å². The van der Waals surface area contributed by atoms with Crippen molar-refractivity contribution in [2.75, 3.05) is 26.2 Å². The van der Waals surface area contributed by atoms with Crippen molar-refractivity contribution in [1.82, 2.24) is 10.2 Å². The zero-order valence-corrected chi connectivity index (χ0v) is 12.6. The van der Waals surface area contributed by atoms with Crippen molar-refractivity contribution in [3.63, 3.8) is 0 Å². The average molecular weight is 252 g/mol. The van der Waals surface area contributed by atoms with Gasteiger partial charge < -0.3 is 10.2 Å². The van der Waals surface area contributed by atoms with Crippen LogP contribution in [0.2, 0.25) is 0 Å². The molecule has 0 amide bonds. The Hall–Kier alpha value is -0.0800. The summed E-state index contributed by atoms with van der Waals surface area (Å²) in [5.41, 5.74) is 0. The van der Waals surface area contributed by atoms with Gasteiger partial charge in [0.1, 0.15) is 0 Å². The fourth-order valence-electron chi connectivity index (χ4n) is 4.18. The topological polar surface area (TPSA) is 15.3 Å². The minimum atomic E-state index is 0.642. The monoisotopic (exact) mass is 252 g/mol. The van der Waals surface area contributed by atoms with Crippen LogP contribution < -0.4 is 5.32 Å². The van der Waals surface area contributed by atoms with Gasteiger partial charge in [-0.3, -0.25) is 0 Å². The summed E-state index contributed by atoms with van der Waals surface area (Å²) in [6, 6.07) is 0.642. The number of nitrogens with zero attached hydrogens (tertiary/aromatic N) is 1. The summed E-state index contributed by atoms with van der Waals surface area (Å²) in [5, 5.41) is 3.73. The summed E-state index contributed by atoms with van der Waals surface area (Å²) in [4.78, 5) is 2.51. The van der Waals surface area contributed by atoms with Gasteiger partial charge in [0, 0.05) is 12.6 Å². The molecule has 2 aliphatic rings. The summed E-state index contributed by atoms with van der Waals surface area (Å²) < 4.78 is 0. The first-order valence-electron chi connectivity index (χ1n) is 8.18. The maximum atomic E-state index is 3.73. The molecular formula is C16H32N2. The Morgan fingerprint density at radius 1 is 1.17 bits per heavy atom. The van der Waals surface area contributed by atoms with Gasteiger partial charge in [0.2, 0.25) is 0 Å². The lowest BCUT2D eigenvalue weighted by Gasteiger charge is -2.25. The Kier molecular flexibility index (Phi) is 5.50. The maximum Gasteiger partial charge on any atom is 0.0166 e. The Labute approximate surface area is 114 Å². The molecule has 2 heteroatoms. The van der Waals surface area contributed by atoms with Crippen LogP contribution in [0.5, 0.6) is 0 Å². The first-order chi connectivity index (χ1) is 8.72. The molecule has 0 radical (unpaired) electrons. The third-order valence-corrected chi connectivity index (χ3v) is 5.32. The molecule has 2 saturated carbocycles. The van der Waals surface area contributed by atoms with Crippen molar-refractivity contribution < 1.29 is 0 Å². The van der Waals surface area contributed by atoms with E-state index in [9.17, 15) is 0 Å². The van der Waals surface area contributed by atoms with E-state index < -0.39 is 0 Å². The normalized spacial score (nSPS) is 32.3. The smallest absolute Gasteiger partial charge is 0.0166 e. The zero-order valence-electron chi connectivity index (χ0n) is 12.6. The Morgan fingerprint density at radius 2 is 1.94 bits per heavy atom. The lowest BCUT2D eigenvalue weighted by Crippen LogP contribution is -2.39. The fourth-order valence-corrected chi connectivity index (χ4v) is 4.18. The van der Waals surface area contributed by atoms with Crippen molar-refractivity contribution in [1.29, 1.82) is 0 Å². The van der Waals surface area contributed by atoms with Gasteiger partial charge in [-0.2, -0.15) is 0 Å². The lowest BCUT2D eigenvalue weighted by molar-refractivity contribution is 0.261. The van der Waals surface area contributed by atoms with Crippen LogP contribution in [0.4, 0.5) is 0 Å². The molecule has 0 heterocycles. The molecule has 1 N–H and O–H groups in total. The van der Waals surface area contributed by atoms with E-state index in [0.29, 0.717) is 6.04 Å². The van der Waals surface area contributed by atoms with E-state index in [0.717, 1.165) is 17.8 Å². The summed E-state index contributed by atoms with van der Waals surface area (Å²) in [7, 11) is 0. The standard InChI is InChI=1S/C16H32N2/c1-4-18(5-2)12-13(3)17-9-8-16-11-14-6-7-15(16)10-14/h13-17H,4-12H2,1-3H3. The van der Waals surface area contributed by atoms with E-state index in [1.807, 2.05) is 0 Å². The number of nitrogens with one attached hydrogen (secondary N) is 1. The van der Waals surface area contributed by atoms with Crippen LogP contribution >= 0.6 is 0 Å². The van der Waals surface area contributed by atoms with Crippen molar-refractivity contribution in [3.8, 4) is 0 Å². The highest BCUT2D eigenvalue weighted by atomic mass is 15.1. The van der Waals surface area contributed by atoms with E-state index in [-0.39, 0.29) is 0 Å². The molecule has 0 saturated heterocycles. The largest absolute Gasteiger partial charge is 0.313 e. The molecule has 0 aromatic carbocycles. The van der Waals surface area contributed by atoms with Crippen LogP contribution in [0, 0.1) is 17.8 Å². The average Bonchev–Trinajstić information content (AvgIpc) is 2.98. The van der Waals surface area contributed by atoms with Gasteiger partial charge in [-0.15, -0.1) is 0 Å². The summed E-state index contributed by atoms with van der Waals surface area (Å²) >= 11 is 0. The molecule has 4 atom stereocenters. The quantitative estimate of drug-likeness (QED) is 0.714. The van der Waals surface area contributed by atoms with Crippen LogP contribution in [0.25, 0.3) is 0 Å². The van der Waals surface area contributed by atoms with E-state index in [1.165, 1.54) is 51.9 Å². The van der Waals surface area contributed by atoms with Gasteiger partial charge in [0.05, 0.1) is 0 Å². The lowest BCUT2D eigenvalue weighted by atomic mass is 9.86. The molecule has 0 aliphatic heterocycles. The zero-order chi connectivity index (χ0) is 13.0. The van der Waals surface area contributed by atoms with Crippen LogP contribution in [0.15, 0.2) is 0 Å². The number of hydrogen-bond acceptors (Lipinski definition) is 2. The Morgan fingerprint density at radius 3 is 2.50 bits per heavy atom. The molecular weight excluding hydrogens is 220 g/mol. The first-order valence-corrected chi connectivity index (χ1v) is 8.18. The van der Waals surface area contributed by atoms with Crippen LogP contribution in [-0.4, -0.2) is 37.1 Å². The minimum Gasteiger partial charge on any atom is -0.313 e. The second-order valence-electron chi connectivity index (χ2n) is 6.56. The van der Waals surface area contributed by atoms with E-state index >= 15 is 0 Å². The second kappa shape index (κ2) is 6.91. The van der Waals surface area contributed by atoms with E-state index in [4.69, 9.17) is 0 Å². The van der Waals surface area contributed by atoms with Gasteiger partial charge in [-0.05, 0) is 70.0 Å². The number of likely N-dealkylation sites (N-methyl/N-ethyl adjacent to an activating group) is 1. The highest BCUT2D eigenvalue weighted by Crippen LogP contribution is 2.49. The maximum absolute atomic E-state index is 3.73. The van der Waals surface area contributed by atoms with Gasteiger partial charge in [0.15, 0.2) is 0 Å². The van der Waals surface area contributed by atoms with E-state index in [2.05, 4.69) is 31.0 Å². The molecule has 4 unspecified atom stereocenters. The Balaban J connectivity index is 1.57. The minimum absolute atomic E-state index is 0.642. The molecule has 0 aromatic heterocycles. The molecule has 2 aliphatic carbocycles. The first kappa shape index (κ1) is 14.3. The molecule has 2 nitrogen and oxygen atoms in total. The molecule has 2 bridgehead atoms. The van der Waals surface area contributed by atoms with Gasteiger partial charge in [-0.25, -0.2) is 0 Å². The SMILES string of the molecule is CCN(CC)CC(C)NCCC1CC2CCC1C2. The molecule has 2 rings (SSSR count). The predicted octanol–water partition coefficient (Wildman–Crippen LogP) is 3.13. The van der Waals surface area contributed by atoms with Crippen molar-refractivity contribution in [2.24, 2.45) is 17.8 Å². The highest BCUT2D eigenvalue weighted by molar-refractivity contribution is 4.90. The number of rotatable bonds is 8. The summed E-state index contributed by atoms with van der Waals surface area (Å²) in [5.74, 6) is 3.25. The van der Waals surface area contributed by atoms with Gasteiger partial charge >= 0.3 is 0 Å². The summed E-state index contributed by atoms with van der Waals surface area (Å²) in [6.45, 7) is 11.6. The van der Waals surface area contributed by atoms with Gasteiger partial charge in [-0.1, -0.05) is 20.3 Å². The third-order valence-electron chi connectivity index (χ3n) is 5.32. The van der Waals surface area contributed by atoms with Crippen LogP contribution in [0.1, 0.15) is 52.9 Å². The molecule has 18 heavy (non-hydrogen) atoms. The number of hydrogen-bond donors (Lipinski definition) is 1. The van der Waals surface area contributed by atoms with Crippen molar-refractivity contribution >= 4 is 0 Å². The summed E-state index contributed by atoms with van der Waals surface area (Å²) in [6.07, 6.45) is 7.58. The molecule has 106 valence electrons. The Bertz CT molecular complexity index is 237. The predicted molar refractivity (Wildman–Crippen MR) is 78.8 cm³/mol. The number of fused-ring (bicyclic) bond motifs is 2. The fraction of sp³-hybridized carbons (Fsp3) is 1.00. The highest BCUT2D eigenvalue weighted by Gasteiger charge is 2.38.